The maximum absolute atomic E-state index is 13.3. The molecule has 0 unspecified atom stereocenters. The Morgan fingerprint density at radius 3 is 2.64 bits per heavy atom. The molecule has 0 saturated carbocycles. The Morgan fingerprint density at radius 1 is 1.25 bits per heavy atom. The van der Waals surface area contributed by atoms with Gasteiger partial charge in [0.05, 0.1) is 27.5 Å². The van der Waals surface area contributed by atoms with Crippen molar-refractivity contribution in [2.75, 3.05) is 27.2 Å². The van der Waals surface area contributed by atoms with Gasteiger partial charge in [-0.1, -0.05) is 19.9 Å². The molecule has 0 radical (unpaired) electrons. The molecule has 1 amide bonds. The second kappa shape index (κ2) is 7.68. The normalized spacial score (nSPS) is 15.9. The number of aromatic nitrogens is 2. The molecular weight excluding hydrogens is 368 g/mol. The van der Waals surface area contributed by atoms with Gasteiger partial charge in [-0.15, -0.1) is 11.3 Å². The minimum absolute atomic E-state index is 0.131. The summed E-state index contributed by atoms with van der Waals surface area (Å²) < 4.78 is 2.10. The van der Waals surface area contributed by atoms with Crippen LogP contribution in [0.5, 0.6) is 0 Å². The minimum atomic E-state index is 0.131. The Balaban J connectivity index is 1.67. The molecule has 148 valence electrons. The van der Waals surface area contributed by atoms with Gasteiger partial charge in [0, 0.05) is 36.6 Å². The number of fused-ring (bicyclic) bond motifs is 1. The molecule has 0 aliphatic carbocycles. The monoisotopic (exact) mass is 396 g/mol. The van der Waals surface area contributed by atoms with E-state index in [-0.39, 0.29) is 5.91 Å². The largest absolute Gasteiger partial charge is 0.338 e. The lowest BCUT2D eigenvalue weighted by Crippen LogP contribution is -2.44. The molecule has 6 heteroatoms. The first-order valence-electron chi connectivity index (χ1n) is 9.97. The van der Waals surface area contributed by atoms with Gasteiger partial charge in [0.1, 0.15) is 0 Å². The summed E-state index contributed by atoms with van der Waals surface area (Å²) in [7, 11) is 4.24. The molecule has 0 spiro atoms. The fourth-order valence-electron chi connectivity index (χ4n) is 3.95. The fraction of sp³-hybridized carbons (Fsp3) is 0.455. The molecule has 0 bridgehead atoms. The number of pyridine rings is 1. The number of carbonyl (C=O) groups excluding carboxylic acids is 1. The van der Waals surface area contributed by atoms with Gasteiger partial charge in [-0.25, -0.2) is 4.98 Å². The molecule has 1 aliphatic rings. The summed E-state index contributed by atoms with van der Waals surface area (Å²) in [6, 6.07) is 8.61. The van der Waals surface area contributed by atoms with Gasteiger partial charge in [-0.2, -0.15) is 0 Å². The van der Waals surface area contributed by atoms with Crippen molar-refractivity contribution < 1.29 is 4.79 Å². The smallest absolute Gasteiger partial charge is 0.256 e. The number of rotatable bonds is 4. The van der Waals surface area contributed by atoms with Crippen molar-refractivity contribution in [2.45, 2.75) is 38.6 Å². The van der Waals surface area contributed by atoms with Crippen LogP contribution >= 0.6 is 11.3 Å². The molecular formula is C22H28N4OS. The van der Waals surface area contributed by atoms with Crippen LogP contribution in [-0.2, 0) is 0 Å². The van der Waals surface area contributed by atoms with E-state index in [0.717, 1.165) is 53.4 Å². The summed E-state index contributed by atoms with van der Waals surface area (Å²) in [4.78, 5) is 22.4. The van der Waals surface area contributed by atoms with Crippen LogP contribution in [0.1, 0.15) is 48.0 Å². The van der Waals surface area contributed by atoms with Crippen molar-refractivity contribution in [3.05, 3.63) is 46.4 Å². The third-order valence-corrected chi connectivity index (χ3v) is 6.81. The van der Waals surface area contributed by atoms with Gasteiger partial charge >= 0.3 is 0 Å². The lowest BCUT2D eigenvalue weighted by atomic mass is 10.0. The van der Waals surface area contributed by atoms with E-state index in [0.29, 0.717) is 12.0 Å². The van der Waals surface area contributed by atoms with E-state index in [1.54, 1.807) is 11.3 Å². The van der Waals surface area contributed by atoms with Crippen molar-refractivity contribution in [3.8, 4) is 11.4 Å². The molecule has 3 aromatic heterocycles. The Bertz CT molecular complexity index is 980. The van der Waals surface area contributed by atoms with Crippen LogP contribution in [0.3, 0.4) is 0 Å². The van der Waals surface area contributed by atoms with Gasteiger partial charge in [0.15, 0.2) is 0 Å². The number of thiazole rings is 1. The zero-order valence-corrected chi connectivity index (χ0v) is 17.9. The molecule has 4 rings (SSSR count). The number of amides is 1. The highest BCUT2D eigenvalue weighted by atomic mass is 32.1. The zero-order chi connectivity index (χ0) is 19.8. The third-order valence-electron chi connectivity index (χ3n) is 5.67. The first-order chi connectivity index (χ1) is 13.5. The van der Waals surface area contributed by atoms with Crippen LogP contribution < -0.4 is 0 Å². The van der Waals surface area contributed by atoms with E-state index < -0.39 is 0 Å². The Hall–Kier alpha value is -2.18. The summed E-state index contributed by atoms with van der Waals surface area (Å²) in [6.07, 6.45) is 4.08. The van der Waals surface area contributed by atoms with Crippen molar-refractivity contribution >= 4 is 22.8 Å². The lowest BCUT2D eigenvalue weighted by molar-refractivity contribution is 0.0665. The summed E-state index contributed by atoms with van der Waals surface area (Å²) in [5.41, 5.74) is 3.67. The summed E-state index contributed by atoms with van der Waals surface area (Å²) in [6.45, 7) is 5.95. The predicted molar refractivity (Wildman–Crippen MR) is 115 cm³/mol. The van der Waals surface area contributed by atoms with Crippen molar-refractivity contribution in [1.29, 1.82) is 0 Å². The highest BCUT2D eigenvalue weighted by molar-refractivity contribution is 7.10. The van der Waals surface area contributed by atoms with E-state index in [4.69, 9.17) is 4.98 Å². The third kappa shape index (κ3) is 3.47. The molecule has 5 nitrogen and oxygen atoms in total. The topological polar surface area (TPSA) is 40.9 Å². The Labute approximate surface area is 170 Å². The van der Waals surface area contributed by atoms with Crippen LogP contribution in [0.15, 0.2) is 35.8 Å². The van der Waals surface area contributed by atoms with Crippen molar-refractivity contribution in [2.24, 2.45) is 0 Å². The highest BCUT2D eigenvalue weighted by Gasteiger charge is 2.27. The predicted octanol–water partition coefficient (Wildman–Crippen LogP) is 4.35. The van der Waals surface area contributed by atoms with Crippen LogP contribution in [-0.4, -0.2) is 58.3 Å². The number of likely N-dealkylation sites (tertiary alicyclic amines) is 1. The standard InChI is InChI=1S/C22H28N4OS/c1-15(2)21-23-18(14-28-21)20-13-17(19-7-5-6-10-26(19)20)22(27)25-11-8-16(9-12-25)24(3)4/h5-7,10,13-16H,8-9,11-12H2,1-4H3. The lowest BCUT2D eigenvalue weighted by Gasteiger charge is -2.35. The van der Waals surface area contributed by atoms with Crippen LogP contribution in [0.25, 0.3) is 16.9 Å². The van der Waals surface area contributed by atoms with Crippen LogP contribution in [0.2, 0.25) is 0 Å². The van der Waals surface area contributed by atoms with Gasteiger partial charge in [0.2, 0.25) is 0 Å². The van der Waals surface area contributed by atoms with E-state index in [9.17, 15) is 4.79 Å². The molecule has 1 aliphatic heterocycles. The fourth-order valence-corrected chi connectivity index (χ4v) is 4.78. The number of hydrogen-bond acceptors (Lipinski definition) is 4. The first-order valence-corrected chi connectivity index (χ1v) is 10.8. The van der Waals surface area contributed by atoms with Crippen LogP contribution in [0.4, 0.5) is 0 Å². The van der Waals surface area contributed by atoms with E-state index in [2.05, 4.69) is 42.6 Å². The number of hydrogen-bond donors (Lipinski definition) is 0. The molecule has 0 N–H and O–H groups in total. The molecule has 1 saturated heterocycles. The average Bonchev–Trinajstić information content (AvgIpc) is 3.32. The molecule has 0 aromatic carbocycles. The number of nitrogens with zero attached hydrogens (tertiary/aromatic N) is 4. The number of carbonyl (C=O) groups is 1. The quantitative estimate of drug-likeness (QED) is 0.658. The van der Waals surface area contributed by atoms with E-state index in [1.807, 2.05) is 35.4 Å². The van der Waals surface area contributed by atoms with Crippen molar-refractivity contribution in [3.63, 3.8) is 0 Å². The van der Waals surface area contributed by atoms with Crippen molar-refractivity contribution in [1.82, 2.24) is 19.2 Å². The van der Waals surface area contributed by atoms with E-state index >= 15 is 0 Å². The number of piperidine rings is 1. The molecule has 1 fully saturated rings. The molecule has 3 aromatic rings. The summed E-state index contributed by atoms with van der Waals surface area (Å²) in [5, 5.41) is 3.22. The maximum Gasteiger partial charge on any atom is 0.256 e. The molecule has 28 heavy (non-hydrogen) atoms. The average molecular weight is 397 g/mol. The SMILES string of the molecule is CC(C)c1nc(-c2cc(C(=O)N3CCC(N(C)C)CC3)c3ccccn23)cs1. The Kier molecular flexibility index (Phi) is 5.25. The molecule has 4 heterocycles. The van der Waals surface area contributed by atoms with Gasteiger partial charge in [0.25, 0.3) is 5.91 Å². The minimum Gasteiger partial charge on any atom is -0.338 e. The second-order valence-electron chi connectivity index (χ2n) is 8.11. The van der Waals surface area contributed by atoms with Gasteiger partial charge < -0.3 is 14.2 Å². The highest BCUT2D eigenvalue weighted by Crippen LogP contribution is 2.30. The summed E-state index contributed by atoms with van der Waals surface area (Å²) >= 11 is 1.69. The van der Waals surface area contributed by atoms with E-state index in [1.165, 1.54) is 0 Å². The van der Waals surface area contributed by atoms with Crippen LogP contribution in [0, 0.1) is 0 Å². The Morgan fingerprint density at radius 2 is 2.00 bits per heavy atom. The first kappa shape index (κ1) is 19.2. The molecule has 0 atom stereocenters. The summed E-state index contributed by atoms with van der Waals surface area (Å²) in [5.74, 6) is 0.538. The van der Waals surface area contributed by atoms with Gasteiger partial charge in [-0.05, 0) is 45.1 Å². The van der Waals surface area contributed by atoms with Gasteiger partial charge in [-0.3, -0.25) is 4.79 Å². The zero-order valence-electron chi connectivity index (χ0n) is 17.1. The second-order valence-corrected chi connectivity index (χ2v) is 9.00. The maximum atomic E-state index is 13.3.